The number of ether oxygens (including phenoxy) is 1. The maximum absolute atomic E-state index is 5.59. The highest BCUT2D eigenvalue weighted by Crippen LogP contribution is 2.37. The maximum atomic E-state index is 5.59. The van der Waals surface area contributed by atoms with E-state index in [1.807, 2.05) is 24.3 Å². The van der Waals surface area contributed by atoms with Crippen LogP contribution in [0.1, 0.15) is 29.7 Å². The van der Waals surface area contributed by atoms with Crippen LogP contribution in [0.25, 0.3) is 0 Å². The molecule has 1 aliphatic heterocycles. The van der Waals surface area contributed by atoms with E-state index >= 15 is 0 Å². The van der Waals surface area contributed by atoms with Gasteiger partial charge in [0.15, 0.2) is 0 Å². The van der Waals surface area contributed by atoms with Crippen molar-refractivity contribution in [2.75, 3.05) is 6.61 Å². The summed E-state index contributed by atoms with van der Waals surface area (Å²) in [4.78, 5) is 0. The Hall–Kier alpha value is -1.88. The molecule has 1 atom stereocenters. The predicted octanol–water partition coefficient (Wildman–Crippen LogP) is 1.44. The zero-order valence-corrected chi connectivity index (χ0v) is 9.30. The normalized spacial score (nSPS) is 18.5. The van der Waals surface area contributed by atoms with Crippen LogP contribution in [-0.4, -0.2) is 16.8 Å². The number of nitrogens with two attached hydrogens (primary N) is 1. The third kappa shape index (κ3) is 1.78. The van der Waals surface area contributed by atoms with Crippen molar-refractivity contribution < 1.29 is 9.15 Å². The molecular weight excluding hydrogens is 218 g/mol. The molecule has 0 spiro atoms. The second-order valence-electron chi connectivity index (χ2n) is 3.97. The molecule has 1 aromatic heterocycles. The van der Waals surface area contributed by atoms with Crippen LogP contribution in [0.3, 0.4) is 0 Å². The fraction of sp³-hybridized carbons (Fsp3) is 0.333. The molecule has 1 aromatic carbocycles. The lowest BCUT2D eigenvalue weighted by Gasteiger charge is -2.23. The summed E-state index contributed by atoms with van der Waals surface area (Å²) in [6.45, 7) is 0.944. The van der Waals surface area contributed by atoms with Crippen molar-refractivity contribution in [3.05, 3.63) is 41.6 Å². The molecule has 2 N–H and O–H groups in total. The minimum absolute atomic E-state index is 0.118. The van der Waals surface area contributed by atoms with Gasteiger partial charge in [0.2, 0.25) is 11.8 Å². The van der Waals surface area contributed by atoms with E-state index in [0.717, 1.165) is 17.7 Å². The third-order valence-corrected chi connectivity index (χ3v) is 2.91. The molecule has 0 saturated heterocycles. The summed E-state index contributed by atoms with van der Waals surface area (Å²) in [5.41, 5.74) is 6.57. The smallest absolute Gasteiger partial charge is 0.230 e. The van der Waals surface area contributed by atoms with Gasteiger partial charge < -0.3 is 14.9 Å². The van der Waals surface area contributed by atoms with E-state index in [2.05, 4.69) is 10.2 Å². The molecule has 1 aliphatic rings. The third-order valence-electron chi connectivity index (χ3n) is 2.91. The quantitative estimate of drug-likeness (QED) is 0.846. The molecule has 0 fully saturated rings. The summed E-state index contributed by atoms with van der Waals surface area (Å²) >= 11 is 0. The predicted molar refractivity (Wildman–Crippen MR) is 60.6 cm³/mol. The maximum Gasteiger partial charge on any atom is 0.230 e. The first-order valence-corrected chi connectivity index (χ1v) is 5.62. The van der Waals surface area contributed by atoms with Gasteiger partial charge >= 0.3 is 0 Å². The first kappa shape index (κ1) is 10.3. The Labute approximate surface area is 98.6 Å². The zero-order valence-electron chi connectivity index (χ0n) is 9.30. The van der Waals surface area contributed by atoms with Crippen LogP contribution >= 0.6 is 0 Å². The molecule has 0 radical (unpaired) electrons. The Morgan fingerprint density at radius 1 is 1.29 bits per heavy atom. The Kier molecular flexibility index (Phi) is 2.53. The van der Waals surface area contributed by atoms with Gasteiger partial charge in [-0.1, -0.05) is 18.2 Å². The van der Waals surface area contributed by atoms with Crippen LogP contribution < -0.4 is 10.5 Å². The van der Waals surface area contributed by atoms with Gasteiger partial charge in [-0.05, 0) is 12.5 Å². The van der Waals surface area contributed by atoms with Crippen LogP contribution in [0, 0.1) is 0 Å². The van der Waals surface area contributed by atoms with E-state index in [4.69, 9.17) is 14.9 Å². The second-order valence-corrected chi connectivity index (χ2v) is 3.97. The van der Waals surface area contributed by atoms with Gasteiger partial charge in [-0.25, -0.2) is 0 Å². The lowest BCUT2D eigenvalue weighted by atomic mass is 9.93. The summed E-state index contributed by atoms with van der Waals surface area (Å²) in [5.74, 6) is 2.12. The highest BCUT2D eigenvalue weighted by molar-refractivity contribution is 5.40. The Bertz CT molecular complexity index is 524. The van der Waals surface area contributed by atoms with Crippen molar-refractivity contribution in [1.82, 2.24) is 10.2 Å². The van der Waals surface area contributed by atoms with Crippen LogP contribution in [0.4, 0.5) is 0 Å². The SMILES string of the molecule is NCc1nnc(C2CCOc3ccccc32)o1. The molecule has 5 nitrogen and oxygen atoms in total. The molecule has 0 bridgehead atoms. The fourth-order valence-electron chi connectivity index (χ4n) is 2.09. The average Bonchev–Trinajstić information content (AvgIpc) is 2.87. The number of fused-ring (bicyclic) bond motifs is 1. The first-order valence-electron chi connectivity index (χ1n) is 5.62. The van der Waals surface area contributed by atoms with Gasteiger partial charge in [0.05, 0.1) is 19.1 Å². The van der Waals surface area contributed by atoms with E-state index < -0.39 is 0 Å². The lowest BCUT2D eigenvalue weighted by molar-refractivity contribution is 0.263. The fourth-order valence-corrected chi connectivity index (χ4v) is 2.09. The molecule has 3 rings (SSSR count). The standard InChI is InChI=1S/C12H13N3O2/c13-7-11-14-15-12(17-11)9-5-6-16-10-4-2-1-3-8(9)10/h1-4,9H,5-7,13H2. The molecule has 0 saturated carbocycles. The Balaban J connectivity index is 1.99. The molecule has 0 aliphatic carbocycles. The highest BCUT2D eigenvalue weighted by atomic mass is 16.5. The van der Waals surface area contributed by atoms with E-state index in [1.54, 1.807) is 0 Å². The number of nitrogens with zero attached hydrogens (tertiary/aromatic N) is 2. The van der Waals surface area contributed by atoms with Crippen LogP contribution in [-0.2, 0) is 6.54 Å². The van der Waals surface area contributed by atoms with Crippen molar-refractivity contribution >= 4 is 0 Å². The van der Waals surface area contributed by atoms with E-state index in [1.165, 1.54) is 0 Å². The Morgan fingerprint density at radius 3 is 3.00 bits per heavy atom. The molecule has 1 unspecified atom stereocenters. The minimum Gasteiger partial charge on any atom is -0.493 e. The monoisotopic (exact) mass is 231 g/mol. The molecule has 88 valence electrons. The van der Waals surface area contributed by atoms with E-state index in [0.29, 0.717) is 18.4 Å². The van der Waals surface area contributed by atoms with E-state index in [9.17, 15) is 0 Å². The molecule has 2 aromatic rings. The molecule has 0 amide bonds. The van der Waals surface area contributed by atoms with Crippen molar-refractivity contribution in [1.29, 1.82) is 0 Å². The molecule has 17 heavy (non-hydrogen) atoms. The summed E-state index contributed by atoms with van der Waals surface area (Å²) in [5, 5.41) is 7.96. The minimum atomic E-state index is 0.118. The highest BCUT2D eigenvalue weighted by Gasteiger charge is 2.27. The second kappa shape index (κ2) is 4.18. The topological polar surface area (TPSA) is 74.2 Å². The largest absolute Gasteiger partial charge is 0.493 e. The van der Waals surface area contributed by atoms with Gasteiger partial charge in [0.25, 0.3) is 0 Å². The summed E-state index contributed by atoms with van der Waals surface area (Å²) in [6, 6.07) is 7.94. The van der Waals surface area contributed by atoms with Crippen LogP contribution in [0.5, 0.6) is 5.75 Å². The van der Waals surface area contributed by atoms with Crippen molar-refractivity contribution in [2.45, 2.75) is 18.9 Å². The number of hydrogen-bond donors (Lipinski definition) is 1. The number of benzene rings is 1. The molecular formula is C12H13N3O2. The zero-order chi connectivity index (χ0) is 11.7. The van der Waals surface area contributed by atoms with Crippen LogP contribution in [0.15, 0.2) is 28.7 Å². The van der Waals surface area contributed by atoms with Gasteiger partial charge in [0, 0.05) is 5.56 Å². The number of para-hydroxylation sites is 1. The summed E-state index contributed by atoms with van der Waals surface area (Å²) in [7, 11) is 0. The van der Waals surface area contributed by atoms with Crippen molar-refractivity contribution in [3.8, 4) is 5.75 Å². The Morgan fingerprint density at radius 2 is 2.18 bits per heavy atom. The van der Waals surface area contributed by atoms with Crippen molar-refractivity contribution in [3.63, 3.8) is 0 Å². The summed E-state index contributed by atoms with van der Waals surface area (Å²) in [6.07, 6.45) is 0.850. The molecule has 2 heterocycles. The average molecular weight is 231 g/mol. The van der Waals surface area contributed by atoms with Gasteiger partial charge in [-0.3, -0.25) is 0 Å². The molecule has 5 heteroatoms. The van der Waals surface area contributed by atoms with Crippen LogP contribution in [0.2, 0.25) is 0 Å². The van der Waals surface area contributed by atoms with E-state index in [-0.39, 0.29) is 12.5 Å². The number of aromatic nitrogens is 2. The van der Waals surface area contributed by atoms with Gasteiger partial charge in [-0.15, -0.1) is 10.2 Å². The lowest BCUT2D eigenvalue weighted by Crippen LogP contribution is -2.15. The first-order chi connectivity index (χ1) is 8.38. The van der Waals surface area contributed by atoms with Gasteiger partial charge in [-0.2, -0.15) is 0 Å². The summed E-state index contributed by atoms with van der Waals surface area (Å²) < 4.78 is 11.1. The van der Waals surface area contributed by atoms with Gasteiger partial charge in [0.1, 0.15) is 5.75 Å². The van der Waals surface area contributed by atoms with Crippen molar-refractivity contribution in [2.24, 2.45) is 5.73 Å². The number of hydrogen-bond acceptors (Lipinski definition) is 5. The number of rotatable bonds is 2.